The van der Waals surface area contributed by atoms with E-state index in [0.29, 0.717) is 12.5 Å². The fraction of sp³-hybridized carbons (Fsp3) is 0.550. The van der Waals surface area contributed by atoms with Crippen molar-refractivity contribution in [3.63, 3.8) is 0 Å². The summed E-state index contributed by atoms with van der Waals surface area (Å²) in [7, 11) is 1.67. The van der Waals surface area contributed by atoms with E-state index in [1.807, 2.05) is 24.3 Å². The van der Waals surface area contributed by atoms with Crippen LogP contribution < -0.4 is 15.4 Å². The van der Waals surface area contributed by atoms with Crippen LogP contribution in [0.2, 0.25) is 0 Å². The predicted octanol–water partition coefficient (Wildman–Crippen LogP) is 2.63. The van der Waals surface area contributed by atoms with Crippen molar-refractivity contribution in [1.82, 2.24) is 25.4 Å². The summed E-state index contributed by atoms with van der Waals surface area (Å²) in [5.41, 5.74) is 1.15. The SMILES string of the molecule is CCc1nncn1CCNC(=NCc1ccc(OC)cc1)NCCC(C)C. The Balaban J connectivity index is 1.92. The van der Waals surface area contributed by atoms with Gasteiger partial charge in [-0.25, -0.2) is 4.99 Å². The van der Waals surface area contributed by atoms with Crippen molar-refractivity contribution in [2.24, 2.45) is 10.9 Å². The summed E-state index contributed by atoms with van der Waals surface area (Å²) >= 11 is 0. The number of benzene rings is 1. The van der Waals surface area contributed by atoms with Gasteiger partial charge in [-0.1, -0.05) is 32.9 Å². The minimum absolute atomic E-state index is 0.619. The third kappa shape index (κ3) is 7.29. The summed E-state index contributed by atoms with van der Waals surface area (Å²) in [6, 6.07) is 8.00. The van der Waals surface area contributed by atoms with Gasteiger partial charge in [0.15, 0.2) is 5.96 Å². The lowest BCUT2D eigenvalue weighted by atomic mass is 10.1. The molecule has 0 aliphatic carbocycles. The van der Waals surface area contributed by atoms with Gasteiger partial charge in [-0.15, -0.1) is 10.2 Å². The summed E-state index contributed by atoms with van der Waals surface area (Å²) in [6.45, 7) is 9.63. The summed E-state index contributed by atoms with van der Waals surface area (Å²) in [6.07, 6.45) is 3.76. The minimum Gasteiger partial charge on any atom is -0.497 e. The van der Waals surface area contributed by atoms with Gasteiger partial charge in [-0.05, 0) is 30.0 Å². The highest BCUT2D eigenvalue weighted by molar-refractivity contribution is 5.79. The zero-order chi connectivity index (χ0) is 19.5. The van der Waals surface area contributed by atoms with Gasteiger partial charge in [0.25, 0.3) is 0 Å². The molecule has 1 aromatic carbocycles. The lowest BCUT2D eigenvalue weighted by Gasteiger charge is -2.14. The predicted molar refractivity (Wildman–Crippen MR) is 109 cm³/mol. The molecule has 7 nitrogen and oxygen atoms in total. The number of methoxy groups -OCH3 is 1. The molecule has 0 amide bonds. The first-order valence-corrected chi connectivity index (χ1v) is 9.64. The first-order chi connectivity index (χ1) is 13.1. The van der Waals surface area contributed by atoms with Crippen LogP contribution in [-0.2, 0) is 19.5 Å². The van der Waals surface area contributed by atoms with Gasteiger partial charge in [-0.2, -0.15) is 0 Å². The molecule has 1 heterocycles. The van der Waals surface area contributed by atoms with Crippen LogP contribution in [0.4, 0.5) is 0 Å². The van der Waals surface area contributed by atoms with Gasteiger partial charge >= 0.3 is 0 Å². The summed E-state index contributed by atoms with van der Waals surface area (Å²) in [4.78, 5) is 4.72. The standard InChI is InChI=1S/C20H32N6O/c1-5-19-25-24-15-26(19)13-12-22-20(21-11-10-16(2)3)23-14-17-6-8-18(27-4)9-7-17/h6-9,15-16H,5,10-14H2,1-4H3,(H2,21,22,23). The second kappa shape index (κ2) is 11.2. The molecule has 0 saturated heterocycles. The van der Waals surface area contributed by atoms with Crippen molar-refractivity contribution in [2.75, 3.05) is 20.2 Å². The molecule has 0 atom stereocenters. The summed E-state index contributed by atoms with van der Waals surface area (Å²) < 4.78 is 7.28. The van der Waals surface area contributed by atoms with Crippen LogP contribution in [0, 0.1) is 5.92 Å². The zero-order valence-electron chi connectivity index (χ0n) is 16.9. The topological polar surface area (TPSA) is 76.4 Å². The maximum atomic E-state index is 5.20. The first kappa shape index (κ1) is 20.7. The fourth-order valence-electron chi connectivity index (χ4n) is 2.59. The van der Waals surface area contributed by atoms with Gasteiger partial charge in [0.2, 0.25) is 0 Å². The van der Waals surface area contributed by atoms with Crippen LogP contribution in [0.3, 0.4) is 0 Å². The van der Waals surface area contributed by atoms with Crippen molar-refractivity contribution in [3.8, 4) is 5.75 Å². The van der Waals surface area contributed by atoms with Gasteiger partial charge in [-0.3, -0.25) is 0 Å². The van der Waals surface area contributed by atoms with E-state index in [0.717, 1.165) is 55.6 Å². The van der Waals surface area contributed by atoms with E-state index in [1.165, 1.54) is 0 Å². The number of rotatable bonds is 10. The lowest BCUT2D eigenvalue weighted by Crippen LogP contribution is -2.39. The molecule has 0 unspecified atom stereocenters. The quantitative estimate of drug-likeness (QED) is 0.495. The number of guanidine groups is 1. The van der Waals surface area contributed by atoms with Gasteiger partial charge in [0.1, 0.15) is 17.9 Å². The monoisotopic (exact) mass is 372 g/mol. The molecule has 0 saturated carbocycles. The van der Waals surface area contributed by atoms with Crippen molar-refractivity contribution >= 4 is 5.96 Å². The van der Waals surface area contributed by atoms with Crippen LogP contribution in [-0.4, -0.2) is 40.9 Å². The molecular weight excluding hydrogens is 340 g/mol. The number of aliphatic imine (C=N–C) groups is 1. The Labute approximate surface area is 162 Å². The molecule has 1 aromatic heterocycles. The number of nitrogens with one attached hydrogen (secondary N) is 2. The Kier molecular flexibility index (Phi) is 8.61. The van der Waals surface area contributed by atoms with Crippen molar-refractivity contribution in [2.45, 2.75) is 46.7 Å². The molecule has 2 aromatic rings. The van der Waals surface area contributed by atoms with E-state index in [2.05, 4.69) is 46.2 Å². The average Bonchev–Trinajstić information content (AvgIpc) is 3.13. The minimum atomic E-state index is 0.619. The Bertz CT molecular complexity index is 693. The number of ether oxygens (including phenoxy) is 1. The molecular formula is C20H32N6O. The van der Waals surface area contributed by atoms with Crippen molar-refractivity contribution < 1.29 is 4.74 Å². The van der Waals surface area contributed by atoms with Gasteiger partial charge < -0.3 is 19.9 Å². The maximum Gasteiger partial charge on any atom is 0.191 e. The van der Waals surface area contributed by atoms with Crippen LogP contribution in [0.5, 0.6) is 5.75 Å². The molecule has 7 heteroatoms. The first-order valence-electron chi connectivity index (χ1n) is 9.64. The molecule has 2 rings (SSSR count). The highest BCUT2D eigenvalue weighted by Crippen LogP contribution is 2.11. The molecule has 0 aliphatic heterocycles. The third-order valence-electron chi connectivity index (χ3n) is 4.25. The van der Waals surface area contributed by atoms with Crippen LogP contribution in [0.15, 0.2) is 35.6 Å². The Hall–Kier alpha value is -2.57. The average molecular weight is 373 g/mol. The van der Waals surface area contributed by atoms with Crippen LogP contribution in [0.25, 0.3) is 0 Å². The van der Waals surface area contributed by atoms with Crippen LogP contribution in [0.1, 0.15) is 38.6 Å². The smallest absolute Gasteiger partial charge is 0.191 e. The van der Waals surface area contributed by atoms with E-state index >= 15 is 0 Å². The molecule has 0 spiro atoms. The number of nitrogens with zero attached hydrogens (tertiary/aromatic N) is 4. The molecule has 148 valence electrons. The molecule has 0 fully saturated rings. The Morgan fingerprint density at radius 1 is 1.19 bits per heavy atom. The fourth-order valence-corrected chi connectivity index (χ4v) is 2.59. The normalized spacial score (nSPS) is 11.7. The Morgan fingerprint density at radius 3 is 2.59 bits per heavy atom. The maximum absolute atomic E-state index is 5.20. The van der Waals surface area contributed by atoms with E-state index in [1.54, 1.807) is 13.4 Å². The second-order valence-electron chi connectivity index (χ2n) is 6.84. The number of aromatic nitrogens is 3. The highest BCUT2D eigenvalue weighted by Gasteiger charge is 2.03. The number of aryl methyl sites for hydroxylation is 1. The van der Waals surface area contributed by atoms with E-state index in [-0.39, 0.29) is 0 Å². The zero-order valence-corrected chi connectivity index (χ0v) is 16.9. The Morgan fingerprint density at radius 2 is 1.93 bits per heavy atom. The summed E-state index contributed by atoms with van der Waals surface area (Å²) in [5, 5.41) is 14.9. The molecule has 27 heavy (non-hydrogen) atoms. The van der Waals surface area contributed by atoms with E-state index in [4.69, 9.17) is 9.73 Å². The molecule has 0 bridgehead atoms. The van der Waals surface area contributed by atoms with Crippen molar-refractivity contribution in [1.29, 1.82) is 0 Å². The molecule has 0 radical (unpaired) electrons. The number of hydrogen-bond acceptors (Lipinski definition) is 4. The number of hydrogen-bond donors (Lipinski definition) is 2. The second-order valence-corrected chi connectivity index (χ2v) is 6.84. The van der Waals surface area contributed by atoms with E-state index < -0.39 is 0 Å². The highest BCUT2D eigenvalue weighted by atomic mass is 16.5. The summed E-state index contributed by atoms with van der Waals surface area (Å²) in [5.74, 6) is 3.35. The lowest BCUT2D eigenvalue weighted by molar-refractivity contribution is 0.414. The molecule has 0 aliphatic rings. The van der Waals surface area contributed by atoms with Gasteiger partial charge in [0.05, 0.1) is 13.7 Å². The third-order valence-corrected chi connectivity index (χ3v) is 4.25. The largest absolute Gasteiger partial charge is 0.497 e. The van der Waals surface area contributed by atoms with E-state index in [9.17, 15) is 0 Å². The van der Waals surface area contributed by atoms with Crippen molar-refractivity contribution in [3.05, 3.63) is 42.0 Å². The molecule has 2 N–H and O–H groups in total. The van der Waals surface area contributed by atoms with Gasteiger partial charge in [0, 0.05) is 26.1 Å². The van der Waals surface area contributed by atoms with Crippen LogP contribution >= 0.6 is 0 Å².